The maximum absolute atomic E-state index is 5.77. The van der Waals surface area contributed by atoms with Gasteiger partial charge in [-0.3, -0.25) is 0 Å². The lowest BCUT2D eigenvalue weighted by Crippen LogP contribution is -1.86. The summed E-state index contributed by atoms with van der Waals surface area (Å²) in [6.45, 7) is 0. The highest BCUT2D eigenvalue weighted by Crippen LogP contribution is 2.27. The fourth-order valence-electron chi connectivity index (χ4n) is 3.24. The van der Waals surface area contributed by atoms with Crippen molar-refractivity contribution < 1.29 is 0 Å². The molecule has 0 unspecified atom stereocenters. The largest absolute Gasteiger partial charge is 0.399 e. The van der Waals surface area contributed by atoms with Crippen LogP contribution in [0.25, 0.3) is 44.8 Å². The van der Waals surface area contributed by atoms with Crippen molar-refractivity contribution in [3.63, 3.8) is 0 Å². The summed E-state index contributed by atoms with van der Waals surface area (Å²) in [6, 6.07) is 19.9. The van der Waals surface area contributed by atoms with Crippen molar-refractivity contribution in [1.29, 1.82) is 0 Å². The number of rotatable bonds is 3. The standard InChI is InChI=1S/C21H18N6/c1-23-15-7-9-17-19(11-15)27-21(25-17)13-4-8-16-18(10-13)26-20(24-16)12-2-5-14(22)6-3-12/h2-11,23H,22H2,1H3,(H,24,26)(H,25,27). The van der Waals surface area contributed by atoms with Crippen molar-refractivity contribution >= 4 is 33.4 Å². The van der Waals surface area contributed by atoms with Gasteiger partial charge in [-0.2, -0.15) is 0 Å². The second-order valence-electron chi connectivity index (χ2n) is 6.51. The number of benzene rings is 3. The first-order valence-corrected chi connectivity index (χ1v) is 8.73. The van der Waals surface area contributed by atoms with Gasteiger partial charge in [0.2, 0.25) is 0 Å². The summed E-state index contributed by atoms with van der Waals surface area (Å²) >= 11 is 0. The van der Waals surface area contributed by atoms with Crippen LogP contribution in [0.2, 0.25) is 0 Å². The minimum atomic E-state index is 0.739. The van der Waals surface area contributed by atoms with E-state index in [-0.39, 0.29) is 0 Å². The van der Waals surface area contributed by atoms with Gasteiger partial charge in [-0.1, -0.05) is 0 Å². The Morgan fingerprint density at radius 1 is 0.741 bits per heavy atom. The number of nitrogen functional groups attached to an aromatic ring is 1. The Morgan fingerprint density at radius 2 is 1.33 bits per heavy atom. The normalized spacial score (nSPS) is 11.3. The summed E-state index contributed by atoms with van der Waals surface area (Å²) in [5.41, 5.74) is 13.4. The average Bonchev–Trinajstić information content (AvgIpc) is 3.31. The van der Waals surface area contributed by atoms with E-state index in [9.17, 15) is 0 Å². The Hall–Kier alpha value is -3.80. The van der Waals surface area contributed by atoms with Gasteiger partial charge in [-0.25, -0.2) is 9.97 Å². The molecule has 2 aromatic heterocycles. The Kier molecular flexibility index (Phi) is 3.36. The number of imidazole rings is 2. The highest BCUT2D eigenvalue weighted by Gasteiger charge is 2.10. The fourth-order valence-corrected chi connectivity index (χ4v) is 3.24. The van der Waals surface area contributed by atoms with Crippen molar-refractivity contribution in [3.05, 3.63) is 60.7 Å². The van der Waals surface area contributed by atoms with Gasteiger partial charge in [-0.05, 0) is 60.7 Å². The Morgan fingerprint density at radius 3 is 2.04 bits per heavy atom. The molecule has 5 rings (SSSR count). The first-order chi connectivity index (χ1) is 13.2. The second-order valence-corrected chi connectivity index (χ2v) is 6.51. The van der Waals surface area contributed by atoms with Crippen LogP contribution < -0.4 is 11.1 Å². The van der Waals surface area contributed by atoms with Crippen molar-refractivity contribution in [2.24, 2.45) is 0 Å². The van der Waals surface area contributed by atoms with E-state index in [4.69, 9.17) is 10.7 Å². The molecule has 0 aliphatic heterocycles. The topological polar surface area (TPSA) is 95.4 Å². The zero-order valence-corrected chi connectivity index (χ0v) is 14.7. The molecule has 0 amide bonds. The molecule has 6 heteroatoms. The number of H-pyrrole nitrogens is 2. The molecule has 5 aromatic rings. The molecule has 0 aliphatic rings. The maximum Gasteiger partial charge on any atom is 0.138 e. The minimum Gasteiger partial charge on any atom is -0.399 e. The van der Waals surface area contributed by atoms with E-state index in [1.165, 1.54) is 0 Å². The number of nitrogens with one attached hydrogen (secondary N) is 3. The molecule has 0 radical (unpaired) electrons. The van der Waals surface area contributed by atoms with E-state index in [0.29, 0.717) is 0 Å². The second kappa shape index (κ2) is 5.88. The molecule has 0 aliphatic carbocycles. The fraction of sp³-hybridized carbons (Fsp3) is 0.0476. The van der Waals surface area contributed by atoms with Crippen molar-refractivity contribution in [2.75, 3.05) is 18.1 Å². The van der Waals surface area contributed by atoms with Gasteiger partial charge in [0.25, 0.3) is 0 Å². The van der Waals surface area contributed by atoms with Gasteiger partial charge in [0, 0.05) is 29.5 Å². The lowest BCUT2D eigenvalue weighted by Gasteiger charge is -1.97. The highest BCUT2D eigenvalue weighted by atomic mass is 14.9. The van der Waals surface area contributed by atoms with Crippen molar-refractivity contribution in [3.8, 4) is 22.8 Å². The molecule has 0 fully saturated rings. The maximum atomic E-state index is 5.77. The summed E-state index contributed by atoms with van der Waals surface area (Å²) < 4.78 is 0. The molecule has 0 bridgehead atoms. The van der Waals surface area contributed by atoms with Crippen molar-refractivity contribution in [2.45, 2.75) is 0 Å². The third-order valence-electron chi connectivity index (χ3n) is 4.71. The summed E-state index contributed by atoms with van der Waals surface area (Å²) in [5, 5.41) is 3.15. The monoisotopic (exact) mass is 354 g/mol. The molecule has 2 heterocycles. The zero-order chi connectivity index (χ0) is 18.4. The van der Waals surface area contributed by atoms with Crippen LogP contribution in [0.4, 0.5) is 11.4 Å². The van der Waals surface area contributed by atoms with E-state index in [1.807, 2.05) is 55.6 Å². The van der Waals surface area contributed by atoms with E-state index < -0.39 is 0 Å². The molecular weight excluding hydrogens is 336 g/mol. The zero-order valence-electron chi connectivity index (χ0n) is 14.7. The van der Waals surface area contributed by atoms with Gasteiger partial charge in [0.15, 0.2) is 0 Å². The number of hydrogen-bond acceptors (Lipinski definition) is 4. The van der Waals surface area contributed by atoms with Gasteiger partial charge in [0.1, 0.15) is 11.6 Å². The first kappa shape index (κ1) is 15.5. The van der Waals surface area contributed by atoms with Crippen LogP contribution in [0.15, 0.2) is 60.7 Å². The smallest absolute Gasteiger partial charge is 0.138 e. The van der Waals surface area contributed by atoms with E-state index >= 15 is 0 Å². The predicted octanol–water partition coefficient (Wildman–Crippen LogP) is 4.40. The van der Waals surface area contributed by atoms with Crippen LogP contribution in [0.5, 0.6) is 0 Å². The quantitative estimate of drug-likeness (QED) is 0.361. The number of nitrogens with two attached hydrogens (primary N) is 1. The van der Waals surface area contributed by atoms with Crippen LogP contribution in [-0.4, -0.2) is 27.0 Å². The highest BCUT2D eigenvalue weighted by molar-refractivity contribution is 5.86. The number of fused-ring (bicyclic) bond motifs is 2. The minimum absolute atomic E-state index is 0.739. The number of nitrogens with zero attached hydrogens (tertiary/aromatic N) is 2. The number of anilines is 2. The lowest BCUT2D eigenvalue weighted by molar-refractivity contribution is 1.33. The SMILES string of the molecule is CNc1ccc2nc(-c3ccc4nc(-c5ccc(N)cc5)[nH]c4c3)[nH]c2c1. The molecule has 0 atom stereocenters. The van der Waals surface area contributed by atoms with E-state index in [2.05, 4.69) is 32.4 Å². The third kappa shape index (κ3) is 2.67. The van der Waals surface area contributed by atoms with Crippen LogP contribution >= 0.6 is 0 Å². The van der Waals surface area contributed by atoms with Gasteiger partial charge in [0.05, 0.1) is 22.1 Å². The van der Waals surface area contributed by atoms with Crippen LogP contribution in [-0.2, 0) is 0 Å². The number of aromatic amines is 2. The lowest BCUT2D eigenvalue weighted by atomic mass is 10.2. The molecular formula is C21H18N6. The molecule has 6 nitrogen and oxygen atoms in total. The number of hydrogen-bond donors (Lipinski definition) is 4. The summed E-state index contributed by atoms with van der Waals surface area (Å²) in [5.74, 6) is 1.66. The van der Waals surface area contributed by atoms with Crippen LogP contribution in [0, 0.1) is 0 Å². The van der Waals surface area contributed by atoms with E-state index in [0.717, 1.165) is 56.2 Å². The molecule has 132 valence electrons. The molecule has 0 spiro atoms. The molecule has 0 saturated carbocycles. The summed E-state index contributed by atoms with van der Waals surface area (Å²) in [7, 11) is 1.91. The Labute approximate surface area is 155 Å². The van der Waals surface area contributed by atoms with Gasteiger partial charge in [-0.15, -0.1) is 0 Å². The van der Waals surface area contributed by atoms with Gasteiger partial charge < -0.3 is 21.0 Å². The molecule has 27 heavy (non-hydrogen) atoms. The van der Waals surface area contributed by atoms with Crippen molar-refractivity contribution in [1.82, 2.24) is 19.9 Å². The third-order valence-corrected chi connectivity index (χ3v) is 4.71. The number of aromatic nitrogens is 4. The van der Waals surface area contributed by atoms with E-state index in [1.54, 1.807) is 0 Å². The molecule has 0 saturated heterocycles. The van der Waals surface area contributed by atoms with Crippen LogP contribution in [0.3, 0.4) is 0 Å². The van der Waals surface area contributed by atoms with Gasteiger partial charge >= 0.3 is 0 Å². The predicted molar refractivity (Wildman–Crippen MR) is 111 cm³/mol. The Bertz CT molecular complexity index is 1260. The summed E-state index contributed by atoms with van der Waals surface area (Å²) in [6.07, 6.45) is 0. The summed E-state index contributed by atoms with van der Waals surface area (Å²) in [4.78, 5) is 16.2. The average molecular weight is 354 g/mol. The molecule has 5 N–H and O–H groups in total. The molecule has 3 aromatic carbocycles. The van der Waals surface area contributed by atoms with Crippen LogP contribution in [0.1, 0.15) is 0 Å². The first-order valence-electron chi connectivity index (χ1n) is 8.73. The Balaban J connectivity index is 1.57.